The molecule has 6 heteroatoms. The minimum absolute atomic E-state index is 0.0768. The minimum atomic E-state index is -0.491. The van der Waals surface area contributed by atoms with Gasteiger partial charge in [0.25, 0.3) is 0 Å². The summed E-state index contributed by atoms with van der Waals surface area (Å²) in [7, 11) is 0. The van der Waals surface area contributed by atoms with Gasteiger partial charge in [-0.2, -0.15) is 0 Å². The van der Waals surface area contributed by atoms with Crippen LogP contribution < -0.4 is 5.32 Å². The summed E-state index contributed by atoms with van der Waals surface area (Å²) in [6, 6.07) is 4.41. The third-order valence-corrected chi connectivity index (χ3v) is 2.61. The van der Waals surface area contributed by atoms with E-state index in [1.54, 1.807) is 12.3 Å². The standard InChI is InChI=1S/C11H8Cl2FN3/c1-6-5-15-11(13)17-10(6)16-7-2-3-8(12)9(14)4-7/h2-5H,1H3,(H,15,16,17). The lowest BCUT2D eigenvalue weighted by Gasteiger charge is -2.08. The number of rotatable bonds is 2. The van der Waals surface area contributed by atoms with Gasteiger partial charge < -0.3 is 5.32 Å². The minimum Gasteiger partial charge on any atom is -0.340 e. The topological polar surface area (TPSA) is 37.8 Å². The Kier molecular flexibility index (Phi) is 3.45. The second kappa shape index (κ2) is 4.85. The van der Waals surface area contributed by atoms with Gasteiger partial charge in [0.05, 0.1) is 5.02 Å². The maximum atomic E-state index is 13.2. The molecule has 0 unspecified atom stereocenters. The van der Waals surface area contributed by atoms with Crippen LogP contribution in [0.2, 0.25) is 10.3 Å². The third kappa shape index (κ3) is 2.84. The number of nitrogens with one attached hydrogen (secondary N) is 1. The number of aromatic nitrogens is 2. The van der Waals surface area contributed by atoms with E-state index >= 15 is 0 Å². The van der Waals surface area contributed by atoms with Crippen LogP contribution in [0.15, 0.2) is 24.4 Å². The number of benzene rings is 1. The molecular formula is C11H8Cl2FN3. The second-order valence-electron chi connectivity index (χ2n) is 3.42. The van der Waals surface area contributed by atoms with E-state index in [4.69, 9.17) is 23.2 Å². The van der Waals surface area contributed by atoms with Crippen molar-refractivity contribution in [3.8, 4) is 0 Å². The largest absolute Gasteiger partial charge is 0.340 e. The summed E-state index contributed by atoms with van der Waals surface area (Å²) < 4.78 is 13.2. The number of aryl methyl sites for hydroxylation is 1. The van der Waals surface area contributed by atoms with E-state index in [0.717, 1.165) is 5.56 Å². The number of nitrogens with zero attached hydrogens (tertiary/aromatic N) is 2. The highest BCUT2D eigenvalue weighted by molar-refractivity contribution is 6.30. The van der Waals surface area contributed by atoms with E-state index in [1.807, 2.05) is 6.92 Å². The van der Waals surface area contributed by atoms with Gasteiger partial charge >= 0.3 is 0 Å². The average Bonchev–Trinajstić information content (AvgIpc) is 2.29. The lowest BCUT2D eigenvalue weighted by atomic mass is 10.3. The fraction of sp³-hybridized carbons (Fsp3) is 0.0909. The molecule has 88 valence electrons. The van der Waals surface area contributed by atoms with Crippen molar-refractivity contribution in [2.45, 2.75) is 6.92 Å². The van der Waals surface area contributed by atoms with Gasteiger partial charge in [-0.15, -0.1) is 0 Å². The highest BCUT2D eigenvalue weighted by Gasteiger charge is 2.05. The summed E-state index contributed by atoms with van der Waals surface area (Å²) in [5, 5.41) is 3.16. The molecular weight excluding hydrogens is 264 g/mol. The first-order valence-electron chi connectivity index (χ1n) is 4.77. The molecule has 0 saturated heterocycles. The van der Waals surface area contributed by atoms with E-state index in [-0.39, 0.29) is 10.3 Å². The van der Waals surface area contributed by atoms with E-state index < -0.39 is 5.82 Å². The molecule has 0 spiro atoms. The van der Waals surface area contributed by atoms with Crippen LogP contribution in [0.1, 0.15) is 5.56 Å². The van der Waals surface area contributed by atoms with Crippen molar-refractivity contribution < 1.29 is 4.39 Å². The Morgan fingerprint density at radius 3 is 2.76 bits per heavy atom. The van der Waals surface area contributed by atoms with Gasteiger partial charge in [0.15, 0.2) is 0 Å². The Morgan fingerprint density at radius 2 is 2.06 bits per heavy atom. The van der Waals surface area contributed by atoms with Gasteiger partial charge in [-0.3, -0.25) is 0 Å². The Labute approximate surface area is 108 Å². The molecule has 1 aromatic heterocycles. The lowest BCUT2D eigenvalue weighted by Crippen LogP contribution is -1.98. The first kappa shape index (κ1) is 12.1. The molecule has 17 heavy (non-hydrogen) atoms. The summed E-state index contributed by atoms with van der Waals surface area (Å²) in [5.41, 5.74) is 1.36. The number of halogens is 3. The van der Waals surface area contributed by atoms with E-state index in [1.165, 1.54) is 12.1 Å². The zero-order chi connectivity index (χ0) is 12.4. The predicted molar refractivity (Wildman–Crippen MR) is 66.5 cm³/mol. The Hall–Kier alpha value is -1.39. The number of hydrogen-bond donors (Lipinski definition) is 1. The van der Waals surface area contributed by atoms with Gasteiger partial charge in [-0.1, -0.05) is 11.6 Å². The van der Waals surface area contributed by atoms with Crippen LogP contribution in [0.25, 0.3) is 0 Å². The van der Waals surface area contributed by atoms with Gasteiger partial charge in [-0.05, 0) is 36.7 Å². The summed E-state index contributed by atoms with van der Waals surface area (Å²) in [4.78, 5) is 7.84. The molecule has 0 saturated carbocycles. The van der Waals surface area contributed by atoms with Gasteiger partial charge in [0.2, 0.25) is 5.28 Å². The molecule has 0 amide bonds. The molecule has 2 rings (SSSR count). The third-order valence-electron chi connectivity index (χ3n) is 2.12. The normalized spacial score (nSPS) is 10.4. The van der Waals surface area contributed by atoms with Crippen molar-refractivity contribution in [2.24, 2.45) is 0 Å². The second-order valence-corrected chi connectivity index (χ2v) is 4.17. The van der Waals surface area contributed by atoms with Crippen molar-refractivity contribution in [1.82, 2.24) is 9.97 Å². The smallest absolute Gasteiger partial charge is 0.224 e. The first-order valence-corrected chi connectivity index (χ1v) is 5.53. The molecule has 0 bridgehead atoms. The van der Waals surface area contributed by atoms with Gasteiger partial charge in [-0.25, -0.2) is 14.4 Å². The Bertz CT molecular complexity index is 560. The highest BCUT2D eigenvalue weighted by Crippen LogP contribution is 2.23. The molecule has 0 aliphatic rings. The van der Waals surface area contributed by atoms with Crippen LogP contribution >= 0.6 is 23.2 Å². The molecule has 3 nitrogen and oxygen atoms in total. The van der Waals surface area contributed by atoms with Crippen molar-refractivity contribution >= 4 is 34.7 Å². The zero-order valence-corrected chi connectivity index (χ0v) is 10.3. The first-order chi connectivity index (χ1) is 8.06. The molecule has 1 heterocycles. The summed E-state index contributed by atoms with van der Waals surface area (Å²) in [5.74, 6) is 0.0428. The molecule has 0 aliphatic carbocycles. The molecule has 0 fully saturated rings. The number of anilines is 2. The summed E-state index contributed by atoms with van der Waals surface area (Å²) >= 11 is 11.3. The Morgan fingerprint density at radius 1 is 1.29 bits per heavy atom. The molecule has 0 atom stereocenters. The maximum absolute atomic E-state index is 13.2. The molecule has 0 aliphatic heterocycles. The fourth-order valence-electron chi connectivity index (χ4n) is 1.26. The molecule has 1 N–H and O–H groups in total. The van der Waals surface area contributed by atoms with Crippen LogP contribution in [0.5, 0.6) is 0 Å². The molecule has 2 aromatic rings. The lowest BCUT2D eigenvalue weighted by molar-refractivity contribution is 0.629. The van der Waals surface area contributed by atoms with Crippen LogP contribution in [0, 0.1) is 12.7 Å². The fourth-order valence-corrected chi connectivity index (χ4v) is 1.51. The molecule has 1 aromatic carbocycles. The van der Waals surface area contributed by atoms with E-state index in [9.17, 15) is 4.39 Å². The predicted octanol–water partition coefficient (Wildman–Crippen LogP) is 3.97. The average molecular weight is 272 g/mol. The monoisotopic (exact) mass is 271 g/mol. The van der Waals surface area contributed by atoms with Crippen molar-refractivity contribution in [2.75, 3.05) is 5.32 Å². The zero-order valence-electron chi connectivity index (χ0n) is 8.84. The van der Waals surface area contributed by atoms with Gasteiger partial charge in [0.1, 0.15) is 11.6 Å². The number of hydrogen-bond acceptors (Lipinski definition) is 3. The van der Waals surface area contributed by atoms with Crippen molar-refractivity contribution in [3.63, 3.8) is 0 Å². The summed E-state index contributed by atoms with van der Waals surface area (Å²) in [6.07, 6.45) is 1.59. The van der Waals surface area contributed by atoms with Crippen molar-refractivity contribution in [3.05, 3.63) is 46.1 Å². The maximum Gasteiger partial charge on any atom is 0.224 e. The SMILES string of the molecule is Cc1cnc(Cl)nc1Nc1ccc(Cl)c(F)c1. The quantitative estimate of drug-likeness (QED) is 0.840. The van der Waals surface area contributed by atoms with Gasteiger partial charge in [0, 0.05) is 17.4 Å². The van der Waals surface area contributed by atoms with Crippen molar-refractivity contribution in [1.29, 1.82) is 0 Å². The van der Waals surface area contributed by atoms with Crippen LogP contribution in [-0.2, 0) is 0 Å². The van der Waals surface area contributed by atoms with E-state index in [0.29, 0.717) is 11.5 Å². The van der Waals surface area contributed by atoms with E-state index in [2.05, 4.69) is 15.3 Å². The van der Waals surface area contributed by atoms with Crippen LogP contribution in [-0.4, -0.2) is 9.97 Å². The highest BCUT2D eigenvalue weighted by atomic mass is 35.5. The van der Waals surface area contributed by atoms with Crippen LogP contribution in [0.3, 0.4) is 0 Å². The Balaban J connectivity index is 2.31. The summed E-state index contributed by atoms with van der Waals surface area (Å²) in [6.45, 7) is 1.82. The van der Waals surface area contributed by atoms with Crippen LogP contribution in [0.4, 0.5) is 15.9 Å². The molecule has 0 radical (unpaired) electrons.